The molecule has 8 heteroatoms. The largest absolute Gasteiger partial charge is 0.433 e. The SMILES string of the molecule is NC(=O)C(=O)Nc1cccc(C(F)(F)F)n1. The van der Waals surface area contributed by atoms with Crippen molar-refractivity contribution in [3.05, 3.63) is 23.9 Å². The minimum Gasteiger partial charge on any atom is -0.361 e. The molecule has 0 aliphatic carbocycles. The van der Waals surface area contributed by atoms with Crippen molar-refractivity contribution in [3.8, 4) is 0 Å². The van der Waals surface area contributed by atoms with Crippen molar-refractivity contribution in [2.75, 3.05) is 5.32 Å². The predicted molar refractivity (Wildman–Crippen MR) is 47.1 cm³/mol. The predicted octanol–water partition coefficient (Wildman–Crippen LogP) is 0.524. The summed E-state index contributed by atoms with van der Waals surface area (Å²) in [6.07, 6.45) is -4.62. The average Bonchev–Trinajstić information content (AvgIpc) is 2.16. The fourth-order valence-electron chi connectivity index (χ4n) is 0.840. The molecule has 86 valence electrons. The summed E-state index contributed by atoms with van der Waals surface area (Å²) in [5, 5.41) is 1.83. The third-order valence-corrected chi connectivity index (χ3v) is 1.50. The number of alkyl halides is 3. The van der Waals surface area contributed by atoms with E-state index in [4.69, 9.17) is 0 Å². The summed E-state index contributed by atoms with van der Waals surface area (Å²) in [4.78, 5) is 24.2. The van der Waals surface area contributed by atoms with Crippen molar-refractivity contribution in [1.82, 2.24) is 4.98 Å². The van der Waals surface area contributed by atoms with Crippen LogP contribution in [0.2, 0.25) is 0 Å². The van der Waals surface area contributed by atoms with E-state index >= 15 is 0 Å². The van der Waals surface area contributed by atoms with E-state index < -0.39 is 29.5 Å². The first-order valence-electron chi connectivity index (χ1n) is 3.96. The van der Waals surface area contributed by atoms with Crippen LogP contribution in [-0.4, -0.2) is 16.8 Å². The molecule has 0 bridgehead atoms. The maximum atomic E-state index is 12.2. The highest BCUT2D eigenvalue weighted by atomic mass is 19.4. The maximum Gasteiger partial charge on any atom is 0.433 e. The van der Waals surface area contributed by atoms with Crippen molar-refractivity contribution in [1.29, 1.82) is 0 Å². The standard InChI is InChI=1S/C8H6F3N3O2/c9-8(10,11)4-2-1-3-5(13-4)14-7(16)6(12)15/h1-3H,(H2,12,15)(H,13,14,16). The van der Waals surface area contributed by atoms with Gasteiger partial charge in [-0.25, -0.2) is 4.98 Å². The second-order valence-corrected chi connectivity index (χ2v) is 2.72. The van der Waals surface area contributed by atoms with Gasteiger partial charge < -0.3 is 11.1 Å². The molecule has 0 aliphatic rings. The highest BCUT2D eigenvalue weighted by Gasteiger charge is 2.32. The number of primary amides is 1. The van der Waals surface area contributed by atoms with Crippen LogP contribution in [0.4, 0.5) is 19.0 Å². The van der Waals surface area contributed by atoms with Crippen LogP contribution in [0.1, 0.15) is 5.69 Å². The number of aromatic nitrogens is 1. The molecule has 0 unspecified atom stereocenters. The summed E-state index contributed by atoms with van der Waals surface area (Å²) < 4.78 is 36.6. The number of rotatable bonds is 1. The van der Waals surface area contributed by atoms with Crippen LogP contribution in [-0.2, 0) is 15.8 Å². The normalized spacial score (nSPS) is 10.9. The van der Waals surface area contributed by atoms with Crippen LogP contribution < -0.4 is 11.1 Å². The molecule has 16 heavy (non-hydrogen) atoms. The Morgan fingerprint density at radius 2 is 1.94 bits per heavy atom. The summed E-state index contributed by atoms with van der Waals surface area (Å²) in [6, 6.07) is 2.89. The van der Waals surface area contributed by atoms with Crippen molar-refractivity contribution in [2.45, 2.75) is 6.18 Å². The Kier molecular flexibility index (Phi) is 3.11. The molecule has 0 saturated heterocycles. The van der Waals surface area contributed by atoms with Gasteiger partial charge in [0.2, 0.25) is 0 Å². The van der Waals surface area contributed by atoms with Gasteiger partial charge in [-0.2, -0.15) is 13.2 Å². The molecule has 3 N–H and O–H groups in total. The number of amides is 2. The fraction of sp³-hybridized carbons (Fsp3) is 0.125. The van der Waals surface area contributed by atoms with Gasteiger partial charge in [-0.15, -0.1) is 0 Å². The van der Waals surface area contributed by atoms with E-state index in [1.54, 1.807) is 0 Å². The van der Waals surface area contributed by atoms with Gasteiger partial charge >= 0.3 is 18.0 Å². The zero-order chi connectivity index (χ0) is 12.3. The molecular formula is C8H6F3N3O2. The summed E-state index contributed by atoms with van der Waals surface area (Å²) in [5.74, 6) is -2.93. The van der Waals surface area contributed by atoms with E-state index in [0.717, 1.165) is 18.2 Å². The lowest BCUT2D eigenvalue weighted by Gasteiger charge is -2.07. The Balaban J connectivity index is 2.92. The highest BCUT2D eigenvalue weighted by Crippen LogP contribution is 2.27. The number of carbonyl (C=O) groups is 2. The quantitative estimate of drug-likeness (QED) is 0.693. The van der Waals surface area contributed by atoms with Crippen LogP contribution >= 0.6 is 0 Å². The monoisotopic (exact) mass is 233 g/mol. The summed E-state index contributed by atoms with van der Waals surface area (Å²) >= 11 is 0. The Morgan fingerprint density at radius 1 is 1.31 bits per heavy atom. The Hall–Kier alpha value is -2.12. The highest BCUT2D eigenvalue weighted by molar-refractivity contribution is 6.38. The van der Waals surface area contributed by atoms with Gasteiger partial charge in [0.1, 0.15) is 11.5 Å². The van der Waals surface area contributed by atoms with Crippen LogP contribution in [0.3, 0.4) is 0 Å². The molecule has 0 spiro atoms. The number of nitrogens with zero attached hydrogens (tertiary/aromatic N) is 1. The molecule has 1 heterocycles. The Bertz CT molecular complexity index is 431. The van der Waals surface area contributed by atoms with Gasteiger partial charge in [0.25, 0.3) is 0 Å². The lowest BCUT2D eigenvalue weighted by molar-refractivity contribution is -0.141. The van der Waals surface area contributed by atoms with E-state index in [0.29, 0.717) is 0 Å². The third kappa shape index (κ3) is 2.94. The van der Waals surface area contributed by atoms with Gasteiger partial charge in [0, 0.05) is 0 Å². The number of hydrogen-bond donors (Lipinski definition) is 2. The van der Waals surface area contributed by atoms with E-state index in [2.05, 4.69) is 10.7 Å². The van der Waals surface area contributed by atoms with E-state index in [1.807, 2.05) is 5.32 Å². The van der Waals surface area contributed by atoms with Crippen molar-refractivity contribution < 1.29 is 22.8 Å². The van der Waals surface area contributed by atoms with E-state index in [9.17, 15) is 22.8 Å². The molecule has 0 fully saturated rings. The minimum absolute atomic E-state index is 0.390. The number of nitrogens with one attached hydrogen (secondary N) is 1. The number of halogens is 3. The van der Waals surface area contributed by atoms with Gasteiger partial charge in [-0.1, -0.05) is 6.07 Å². The molecule has 0 radical (unpaired) electrons. The smallest absolute Gasteiger partial charge is 0.361 e. The maximum absolute atomic E-state index is 12.2. The van der Waals surface area contributed by atoms with Gasteiger partial charge in [-0.3, -0.25) is 9.59 Å². The molecule has 1 aromatic rings. The number of nitrogens with two attached hydrogens (primary N) is 1. The van der Waals surface area contributed by atoms with Gasteiger partial charge in [0.05, 0.1) is 0 Å². The van der Waals surface area contributed by atoms with Crippen LogP contribution in [0, 0.1) is 0 Å². The number of carbonyl (C=O) groups excluding carboxylic acids is 2. The molecule has 1 aromatic heterocycles. The number of anilines is 1. The first kappa shape index (κ1) is 12.0. The molecule has 0 atom stereocenters. The van der Waals surface area contributed by atoms with Crippen molar-refractivity contribution >= 4 is 17.6 Å². The molecule has 0 aromatic carbocycles. The fourth-order valence-corrected chi connectivity index (χ4v) is 0.840. The van der Waals surface area contributed by atoms with Gasteiger partial charge in [0.15, 0.2) is 0 Å². The molecular weight excluding hydrogens is 227 g/mol. The summed E-state index contributed by atoms with van der Waals surface area (Å²) in [7, 11) is 0. The number of pyridine rings is 1. The number of hydrogen-bond acceptors (Lipinski definition) is 3. The molecule has 5 nitrogen and oxygen atoms in total. The average molecular weight is 233 g/mol. The first-order valence-corrected chi connectivity index (χ1v) is 3.96. The summed E-state index contributed by atoms with van der Waals surface area (Å²) in [5.41, 5.74) is 3.44. The first-order chi connectivity index (χ1) is 7.30. The summed E-state index contributed by atoms with van der Waals surface area (Å²) in [6.45, 7) is 0. The van der Waals surface area contributed by atoms with Gasteiger partial charge in [-0.05, 0) is 12.1 Å². The van der Waals surface area contributed by atoms with Crippen molar-refractivity contribution in [3.63, 3.8) is 0 Å². The molecule has 2 amide bonds. The third-order valence-electron chi connectivity index (χ3n) is 1.50. The second-order valence-electron chi connectivity index (χ2n) is 2.72. The minimum atomic E-state index is -4.62. The zero-order valence-corrected chi connectivity index (χ0v) is 7.71. The molecule has 1 rings (SSSR count). The Morgan fingerprint density at radius 3 is 2.44 bits per heavy atom. The molecule has 0 saturated carbocycles. The van der Waals surface area contributed by atoms with E-state index in [1.165, 1.54) is 0 Å². The topological polar surface area (TPSA) is 85.1 Å². The van der Waals surface area contributed by atoms with Crippen molar-refractivity contribution in [2.24, 2.45) is 5.73 Å². The Labute approximate surface area is 87.5 Å². The lowest BCUT2D eigenvalue weighted by Crippen LogP contribution is -2.30. The molecule has 0 aliphatic heterocycles. The zero-order valence-electron chi connectivity index (χ0n) is 7.71. The van der Waals surface area contributed by atoms with E-state index in [-0.39, 0.29) is 0 Å². The van der Waals surface area contributed by atoms with Crippen LogP contribution in [0.5, 0.6) is 0 Å². The lowest BCUT2D eigenvalue weighted by atomic mass is 10.3. The second kappa shape index (κ2) is 4.17. The van der Waals surface area contributed by atoms with Crippen LogP contribution in [0.15, 0.2) is 18.2 Å². The van der Waals surface area contributed by atoms with Crippen LogP contribution in [0.25, 0.3) is 0 Å².